The van der Waals surface area contributed by atoms with Crippen LogP contribution in [-0.2, 0) is 22.6 Å². The molecule has 3 aliphatic heterocycles. The molecule has 7 heteroatoms. The summed E-state index contributed by atoms with van der Waals surface area (Å²) < 4.78 is 2.52. The number of aromatic nitrogens is 2. The molecule has 2 aromatic rings. The van der Waals surface area contributed by atoms with Gasteiger partial charge >= 0.3 is 0 Å². The summed E-state index contributed by atoms with van der Waals surface area (Å²) in [5, 5.41) is 3.17. The van der Waals surface area contributed by atoms with Gasteiger partial charge in [-0.05, 0) is 51.0 Å². The van der Waals surface area contributed by atoms with Crippen LogP contribution in [0.4, 0.5) is 0 Å². The average Bonchev–Trinajstić information content (AvgIpc) is 3.57. The Morgan fingerprint density at radius 2 is 2.00 bits per heavy atom. The summed E-state index contributed by atoms with van der Waals surface area (Å²) in [5.41, 5.74) is 3.58. The van der Waals surface area contributed by atoms with E-state index in [1.807, 2.05) is 23.1 Å². The van der Waals surface area contributed by atoms with E-state index in [9.17, 15) is 9.59 Å². The maximum Gasteiger partial charge on any atom is 0.222 e. The van der Waals surface area contributed by atoms with E-state index in [2.05, 4.69) is 39.8 Å². The quantitative estimate of drug-likeness (QED) is 0.378. The molecular formula is C31H41N5O2. The van der Waals surface area contributed by atoms with Gasteiger partial charge in [0.1, 0.15) is 5.82 Å². The van der Waals surface area contributed by atoms with Crippen molar-refractivity contribution in [2.24, 2.45) is 0 Å². The Kier molecular flexibility index (Phi) is 8.18. The number of nitrogens with zero attached hydrogens (tertiary/aromatic N) is 4. The van der Waals surface area contributed by atoms with Crippen LogP contribution in [0.1, 0.15) is 93.1 Å². The molecule has 1 aromatic carbocycles. The first-order valence-electron chi connectivity index (χ1n) is 14.3. The van der Waals surface area contributed by atoms with Gasteiger partial charge in [0.2, 0.25) is 11.8 Å². The Bertz CT molecular complexity index is 1180. The number of benzene rings is 1. The highest BCUT2D eigenvalue weighted by Crippen LogP contribution is 2.46. The Morgan fingerprint density at radius 1 is 1.18 bits per heavy atom. The molecule has 2 fully saturated rings. The molecule has 3 unspecified atom stereocenters. The summed E-state index contributed by atoms with van der Waals surface area (Å²) in [5.74, 6) is 3.97. The predicted molar refractivity (Wildman–Crippen MR) is 148 cm³/mol. The Balaban J connectivity index is 1.25. The van der Waals surface area contributed by atoms with Gasteiger partial charge in [-0.3, -0.25) is 14.5 Å². The molecule has 4 heterocycles. The zero-order valence-electron chi connectivity index (χ0n) is 22.9. The van der Waals surface area contributed by atoms with E-state index in [-0.39, 0.29) is 17.9 Å². The number of carbonyl (C=O) groups excluding carboxylic acids is 2. The van der Waals surface area contributed by atoms with Crippen molar-refractivity contribution in [2.45, 2.75) is 102 Å². The fourth-order valence-corrected chi connectivity index (χ4v) is 7.08. The lowest BCUT2D eigenvalue weighted by molar-refractivity contribution is -0.132. The second kappa shape index (κ2) is 11.7. The van der Waals surface area contributed by atoms with Gasteiger partial charge in [0.15, 0.2) is 0 Å². The van der Waals surface area contributed by atoms with Crippen molar-refractivity contribution < 1.29 is 9.59 Å². The number of hydrogen-bond acceptors (Lipinski definition) is 4. The standard InChI is InChI=1S/C31H41N5O2/c1-4-5-6-10-13-31(38)34-18-17-28-27(21-34)32-22(2)36(28)30-20-25-14-15-29(30)35(25)19-16-26(33-23(3)37)24-11-8-7-9-12-24/h1,7-9,11-12,25-26,29-30H,5-6,10,13-21H2,2-3H3,(H,33,37)/t25?,26-,29?,30?/m0/s1. The van der Waals surface area contributed by atoms with E-state index in [1.54, 1.807) is 6.92 Å². The first kappa shape index (κ1) is 26.5. The number of fused-ring (bicyclic) bond motifs is 3. The summed E-state index contributed by atoms with van der Waals surface area (Å²) in [4.78, 5) is 34.3. The lowest BCUT2D eigenvalue weighted by Gasteiger charge is -2.31. The van der Waals surface area contributed by atoms with E-state index in [0.29, 0.717) is 31.1 Å². The molecule has 0 saturated carbocycles. The summed E-state index contributed by atoms with van der Waals surface area (Å²) in [7, 11) is 0. The number of carbonyl (C=O) groups is 2. The third kappa shape index (κ3) is 5.51. The number of imidazole rings is 1. The summed E-state index contributed by atoms with van der Waals surface area (Å²) in [6, 6.07) is 11.9. The molecule has 1 N–H and O–H groups in total. The van der Waals surface area contributed by atoms with Crippen molar-refractivity contribution in [1.82, 2.24) is 24.7 Å². The van der Waals surface area contributed by atoms with Crippen LogP contribution in [0.5, 0.6) is 0 Å². The lowest BCUT2D eigenvalue weighted by Crippen LogP contribution is -2.38. The van der Waals surface area contributed by atoms with Crippen LogP contribution in [0, 0.1) is 19.3 Å². The van der Waals surface area contributed by atoms with Crippen molar-refractivity contribution in [1.29, 1.82) is 0 Å². The Morgan fingerprint density at radius 3 is 2.76 bits per heavy atom. The molecular weight excluding hydrogens is 474 g/mol. The van der Waals surface area contributed by atoms with Gasteiger partial charge < -0.3 is 14.8 Å². The first-order valence-corrected chi connectivity index (χ1v) is 14.3. The first-order chi connectivity index (χ1) is 18.5. The lowest BCUT2D eigenvalue weighted by atomic mass is 9.94. The molecule has 0 radical (unpaired) electrons. The molecule has 38 heavy (non-hydrogen) atoms. The van der Waals surface area contributed by atoms with Gasteiger partial charge in [-0.2, -0.15) is 0 Å². The Labute approximate surface area is 227 Å². The number of nitrogens with one attached hydrogen (secondary N) is 1. The molecule has 5 rings (SSSR count). The third-order valence-corrected chi connectivity index (χ3v) is 8.78. The van der Waals surface area contributed by atoms with Gasteiger partial charge in [-0.1, -0.05) is 30.3 Å². The second-order valence-corrected chi connectivity index (χ2v) is 11.2. The van der Waals surface area contributed by atoms with Gasteiger partial charge in [0.25, 0.3) is 0 Å². The maximum atomic E-state index is 12.8. The summed E-state index contributed by atoms with van der Waals surface area (Å²) in [6.07, 6.45) is 13.8. The fraction of sp³-hybridized carbons (Fsp3) is 0.581. The van der Waals surface area contributed by atoms with Crippen molar-refractivity contribution in [3.8, 4) is 12.3 Å². The molecule has 3 aliphatic rings. The van der Waals surface area contributed by atoms with Crippen LogP contribution in [-0.4, -0.2) is 56.3 Å². The van der Waals surface area contributed by atoms with Crippen molar-refractivity contribution >= 4 is 11.8 Å². The minimum atomic E-state index is 0.0156. The zero-order valence-corrected chi connectivity index (χ0v) is 22.9. The van der Waals surface area contributed by atoms with Crippen molar-refractivity contribution in [3.05, 3.63) is 53.1 Å². The van der Waals surface area contributed by atoms with Crippen LogP contribution in [0.3, 0.4) is 0 Å². The smallest absolute Gasteiger partial charge is 0.222 e. The van der Waals surface area contributed by atoms with Crippen molar-refractivity contribution in [2.75, 3.05) is 13.1 Å². The topological polar surface area (TPSA) is 70.5 Å². The van der Waals surface area contributed by atoms with E-state index in [4.69, 9.17) is 11.4 Å². The van der Waals surface area contributed by atoms with Gasteiger partial charge in [-0.25, -0.2) is 4.98 Å². The number of hydrogen-bond donors (Lipinski definition) is 1. The van der Waals surface area contributed by atoms with Crippen molar-refractivity contribution in [3.63, 3.8) is 0 Å². The number of amides is 2. The number of rotatable bonds is 10. The zero-order chi connectivity index (χ0) is 26.6. The molecule has 2 saturated heterocycles. The average molecular weight is 516 g/mol. The number of aryl methyl sites for hydroxylation is 1. The summed E-state index contributed by atoms with van der Waals surface area (Å²) >= 11 is 0. The minimum Gasteiger partial charge on any atom is -0.349 e. The van der Waals surface area contributed by atoms with E-state index in [0.717, 1.165) is 63.1 Å². The highest BCUT2D eigenvalue weighted by molar-refractivity contribution is 5.76. The van der Waals surface area contributed by atoms with E-state index >= 15 is 0 Å². The normalized spacial score (nSPS) is 23.2. The predicted octanol–water partition coefficient (Wildman–Crippen LogP) is 4.32. The van der Waals surface area contributed by atoms with Gasteiger partial charge in [0.05, 0.1) is 24.3 Å². The monoisotopic (exact) mass is 515 g/mol. The SMILES string of the molecule is C#CCCCCC(=O)N1CCc2c(nc(C)n2C2CC3CCC2N3CC[C@H](NC(C)=O)c2ccccc2)C1. The largest absolute Gasteiger partial charge is 0.349 e. The second-order valence-electron chi connectivity index (χ2n) is 11.2. The fourth-order valence-electron chi connectivity index (χ4n) is 7.08. The van der Waals surface area contributed by atoms with Gasteiger partial charge in [0, 0.05) is 57.1 Å². The van der Waals surface area contributed by atoms with Crippen LogP contribution < -0.4 is 5.32 Å². The molecule has 0 aliphatic carbocycles. The Hall–Kier alpha value is -3.11. The molecule has 2 bridgehead atoms. The molecule has 4 atom stereocenters. The van der Waals surface area contributed by atoms with Gasteiger partial charge in [-0.15, -0.1) is 12.3 Å². The number of terminal acetylenes is 1. The van der Waals surface area contributed by atoms with E-state index < -0.39 is 0 Å². The molecule has 0 spiro atoms. The maximum absolute atomic E-state index is 12.8. The molecule has 2 amide bonds. The van der Waals surface area contributed by atoms with Crippen LogP contribution >= 0.6 is 0 Å². The molecule has 1 aromatic heterocycles. The van der Waals surface area contributed by atoms with Crippen LogP contribution in [0.2, 0.25) is 0 Å². The van der Waals surface area contributed by atoms with Crippen LogP contribution in [0.25, 0.3) is 0 Å². The summed E-state index contributed by atoms with van der Waals surface area (Å²) in [6.45, 7) is 6.10. The van der Waals surface area contributed by atoms with Crippen LogP contribution in [0.15, 0.2) is 30.3 Å². The number of unbranched alkanes of at least 4 members (excludes halogenated alkanes) is 2. The molecule has 7 nitrogen and oxygen atoms in total. The minimum absolute atomic E-state index is 0.0156. The highest BCUT2D eigenvalue weighted by Gasteiger charge is 2.48. The molecule has 202 valence electrons. The third-order valence-electron chi connectivity index (χ3n) is 8.78. The highest BCUT2D eigenvalue weighted by atomic mass is 16.2. The van der Waals surface area contributed by atoms with E-state index in [1.165, 1.54) is 24.1 Å².